The van der Waals surface area contributed by atoms with E-state index in [-0.39, 0.29) is 30.4 Å². The van der Waals surface area contributed by atoms with Gasteiger partial charge < -0.3 is 15.0 Å². The SMILES string of the molecule is CCCC1NC(=O)CN(C2CCOc3ccccc32)C1=O. The van der Waals surface area contributed by atoms with E-state index in [1.165, 1.54) is 0 Å². The second kappa shape index (κ2) is 5.76. The number of para-hydroxylation sites is 1. The number of nitrogens with zero attached hydrogens (tertiary/aromatic N) is 1. The van der Waals surface area contributed by atoms with Gasteiger partial charge in [-0.2, -0.15) is 0 Å². The first-order chi connectivity index (χ1) is 10.2. The van der Waals surface area contributed by atoms with E-state index in [0.717, 1.165) is 24.2 Å². The molecular weight excluding hydrogens is 268 g/mol. The highest BCUT2D eigenvalue weighted by atomic mass is 16.5. The first-order valence-electron chi connectivity index (χ1n) is 7.52. The molecule has 3 rings (SSSR count). The van der Waals surface area contributed by atoms with Gasteiger partial charge in [0.1, 0.15) is 18.3 Å². The molecule has 2 unspecified atom stereocenters. The largest absolute Gasteiger partial charge is 0.493 e. The topological polar surface area (TPSA) is 58.6 Å². The molecule has 21 heavy (non-hydrogen) atoms. The number of benzene rings is 1. The summed E-state index contributed by atoms with van der Waals surface area (Å²) < 4.78 is 5.64. The number of hydrogen-bond donors (Lipinski definition) is 1. The lowest BCUT2D eigenvalue weighted by molar-refractivity contribution is -0.147. The Morgan fingerprint density at radius 1 is 1.33 bits per heavy atom. The van der Waals surface area contributed by atoms with Crippen LogP contribution in [0.1, 0.15) is 37.8 Å². The van der Waals surface area contributed by atoms with Crippen LogP contribution >= 0.6 is 0 Å². The smallest absolute Gasteiger partial charge is 0.246 e. The third-order valence-electron chi connectivity index (χ3n) is 4.11. The van der Waals surface area contributed by atoms with Gasteiger partial charge in [0.2, 0.25) is 11.8 Å². The van der Waals surface area contributed by atoms with Crippen molar-refractivity contribution in [1.29, 1.82) is 0 Å². The number of fused-ring (bicyclic) bond motifs is 1. The van der Waals surface area contributed by atoms with Crippen LogP contribution in [0.5, 0.6) is 5.75 Å². The average molecular weight is 288 g/mol. The predicted octanol–water partition coefficient (Wildman–Crippen LogP) is 1.64. The van der Waals surface area contributed by atoms with Crippen molar-refractivity contribution in [2.45, 2.75) is 38.3 Å². The van der Waals surface area contributed by atoms with Gasteiger partial charge in [0.05, 0.1) is 12.6 Å². The lowest BCUT2D eigenvalue weighted by atomic mass is 9.96. The Labute approximate surface area is 124 Å². The Balaban J connectivity index is 1.89. The molecule has 1 fully saturated rings. The molecule has 5 nitrogen and oxygen atoms in total. The summed E-state index contributed by atoms with van der Waals surface area (Å²) in [6, 6.07) is 7.32. The molecule has 0 spiro atoms. The van der Waals surface area contributed by atoms with E-state index in [4.69, 9.17) is 4.74 Å². The van der Waals surface area contributed by atoms with Crippen LogP contribution in [0.4, 0.5) is 0 Å². The fourth-order valence-corrected chi connectivity index (χ4v) is 3.13. The van der Waals surface area contributed by atoms with Gasteiger partial charge in [0.15, 0.2) is 0 Å². The van der Waals surface area contributed by atoms with Crippen molar-refractivity contribution in [3.05, 3.63) is 29.8 Å². The minimum absolute atomic E-state index is 0.0261. The number of carbonyl (C=O) groups excluding carboxylic acids is 2. The number of carbonyl (C=O) groups is 2. The zero-order chi connectivity index (χ0) is 14.8. The Hall–Kier alpha value is -2.04. The summed E-state index contributed by atoms with van der Waals surface area (Å²) in [5.74, 6) is 0.773. The minimum Gasteiger partial charge on any atom is -0.493 e. The Morgan fingerprint density at radius 2 is 2.14 bits per heavy atom. The van der Waals surface area contributed by atoms with Crippen molar-refractivity contribution in [2.75, 3.05) is 13.2 Å². The Bertz CT molecular complexity index is 558. The fraction of sp³-hybridized carbons (Fsp3) is 0.500. The zero-order valence-electron chi connectivity index (χ0n) is 12.2. The number of amides is 2. The monoisotopic (exact) mass is 288 g/mol. The van der Waals surface area contributed by atoms with Crippen LogP contribution in [-0.2, 0) is 9.59 Å². The van der Waals surface area contributed by atoms with E-state index < -0.39 is 0 Å². The molecule has 0 aliphatic carbocycles. The van der Waals surface area contributed by atoms with Gasteiger partial charge in [-0.1, -0.05) is 31.5 Å². The second-order valence-corrected chi connectivity index (χ2v) is 5.57. The van der Waals surface area contributed by atoms with Gasteiger partial charge in [-0.3, -0.25) is 9.59 Å². The summed E-state index contributed by atoms with van der Waals surface area (Å²) in [7, 11) is 0. The van der Waals surface area contributed by atoms with Crippen molar-refractivity contribution >= 4 is 11.8 Å². The van der Waals surface area contributed by atoms with Gasteiger partial charge >= 0.3 is 0 Å². The van der Waals surface area contributed by atoms with Crippen LogP contribution in [0.3, 0.4) is 0 Å². The van der Waals surface area contributed by atoms with E-state index in [9.17, 15) is 9.59 Å². The van der Waals surface area contributed by atoms with Crippen LogP contribution in [0.25, 0.3) is 0 Å². The van der Waals surface area contributed by atoms with Gasteiger partial charge in [-0.25, -0.2) is 0 Å². The molecule has 5 heteroatoms. The highest BCUT2D eigenvalue weighted by molar-refractivity contribution is 5.95. The minimum atomic E-state index is -0.383. The molecule has 1 N–H and O–H groups in total. The van der Waals surface area contributed by atoms with Crippen LogP contribution in [0.2, 0.25) is 0 Å². The lowest BCUT2D eigenvalue weighted by Gasteiger charge is -2.40. The van der Waals surface area contributed by atoms with Crippen LogP contribution in [0.15, 0.2) is 24.3 Å². The van der Waals surface area contributed by atoms with E-state index in [0.29, 0.717) is 13.0 Å². The Kier molecular flexibility index (Phi) is 3.82. The summed E-state index contributed by atoms with van der Waals surface area (Å²) in [6.07, 6.45) is 2.29. The quantitative estimate of drug-likeness (QED) is 0.920. The highest BCUT2D eigenvalue weighted by Crippen LogP contribution is 2.36. The maximum absolute atomic E-state index is 12.6. The van der Waals surface area contributed by atoms with Crippen molar-refractivity contribution in [3.8, 4) is 5.75 Å². The molecule has 2 aliphatic rings. The number of hydrogen-bond acceptors (Lipinski definition) is 3. The van der Waals surface area contributed by atoms with E-state index in [2.05, 4.69) is 5.32 Å². The van der Waals surface area contributed by atoms with Gasteiger partial charge in [-0.15, -0.1) is 0 Å². The van der Waals surface area contributed by atoms with Gasteiger partial charge in [-0.05, 0) is 12.5 Å². The molecule has 1 aromatic rings. The van der Waals surface area contributed by atoms with E-state index >= 15 is 0 Å². The molecular formula is C16H20N2O3. The zero-order valence-corrected chi connectivity index (χ0v) is 12.2. The van der Waals surface area contributed by atoms with Crippen molar-refractivity contribution in [2.24, 2.45) is 0 Å². The molecule has 2 atom stereocenters. The first-order valence-corrected chi connectivity index (χ1v) is 7.52. The van der Waals surface area contributed by atoms with Gasteiger partial charge in [0, 0.05) is 12.0 Å². The van der Waals surface area contributed by atoms with E-state index in [1.807, 2.05) is 31.2 Å². The molecule has 2 heterocycles. The summed E-state index contributed by atoms with van der Waals surface area (Å²) in [5, 5.41) is 2.80. The predicted molar refractivity (Wildman–Crippen MR) is 77.8 cm³/mol. The molecule has 112 valence electrons. The van der Waals surface area contributed by atoms with Crippen molar-refractivity contribution < 1.29 is 14.3 Å². The number of ether oxygens (including phenoxy) is 1. The highest BCUT2D eigenvalue weighted by Gasteiger charge is 2.38. The third kappa shape index (κ3) is 2.60. The summed E-state index contributed by atoms with van der Waals surface area (Å²) in [4.78, 5) is 26.3. The summed E-state index contributed by atoms with van der Waals surface area (Å²) in [5.41, 5.74) is 1.00. The second-order valence-electron chi connectivity index (χ2n) is 5.57. The fourth-order valence-electron chi connectivity index (χ4n) is 3.13. The molecule has 0 radical (unpaired) electrons. The number of nitrogens with one attached hydrogen (secondary N) is 1. The molecule has 2 amide bonds. The van der Waals surface area contributed by atoms with Crippen molar-refractivity contribution in [1.82, 2.24) is 10.2 Å². The standard InChI is InChI=1S/C16H20N2O3/c1-2-5-12-16(20)18(10-15(19)17-12)13-8-9-21-14-7-4-3-6-11(13)14/h3-4,6-7,12-13H,2,5,8-10H2,1H3,(H,17,19). The first kappa shape index (κ1) is 13.9. The maximum atomic E-state index is 12.6. The third-order valence-corrected chi connectivity index (χ3v) is 4.11. The summed E-state index contributed by atoms with van der Waals surface area (Å²) in [6.45, 7) is 2.73. The Morgan fingerprint density at radius 3 is 2.95 bits per heavy atom. The molecule has 2 aliphatic heterocycles. The summed E-state index contributed by atoms with van der Waals surface area (Å²) >= 11 is 0. The van der Waals surface area contributed by atoms with E-state index in [1.54, 1.807) is 4.90 Å². The molecule has 0 aromatic heterocycles. The molecule has 1 aromatic carbocycles. The van der Waals surface area contributed by atoms with Crippen LogP contribution < -0.4 is 10.1 Å². The van der Waals surface area contributed by atoms with Crippen LogP contribution in [0, 0.1) is 0 Å². The van der Waals surface area contributed by atoms with Crippen molar-refractivity contribution in [3.63, 3.8) is 0 Å². The number of piperazine rings is 1. The number of rotatable bonds is 3. The molecule has 1 saturated heterocycles. The normalized spacial score (nSPS) is 25.1. The lowest BCUT2D eigenvalue weighted by Crippen LogP contribution is -2.59. The van der Waals surface area contributed by atoms with Crippen LogP contribution in [-0.4, -0.2) is 35.9 Å². The average Bonchev–Trinajstić information content (AvgIpc) is 2.50. The molecule has 0 bridgehead atoms. The maximum Gasteiger partial charge on any atom is 0.246 e. The molecule has 0 saturated carbocycles. The van der Waals surface area contributed by atoms with Gasteiger partial charge in [0.25, 0.3) is 0 Å².